The van der Waals surface area contributed by atoms with E-state index in [1.165, 1.54) is 16.7 Å². The van der Waals surface area contributed by atoms with Crippen molar-refractivity contribution in [2.75, 3.05) is 19.5 Å². The fraction of sp³-hybridized carbons (Fsp3) is 0.393. The highest BCUT2D eigenvalue weighted by Crippen LogP contribution is 2.40. The summed E-state index contributed by atoms with van der Waals surface area (Å²) in [5.74, 6) is 1.58. The van der Waals surface area contributed by atoms with E-state index >= 15 is 0 Å². The van der Waals surface area contributed by atoms with E-state index in [4.69, 9.17) is 11.2 Å². The standard InChI is InChI=1S/C28H33N3O5S/c1-5-16-36-27(35)29-22(17-20-12-8-6-9-13-20)23(32)25(33)31-19-37-28(2,3)24(31)26(34)30(4)18-21-14-10-7-11-15-21/h1,6-15,22-24,32H,16-19H2,2-4H3,(H,29,35)/t22-,23-,24?/m0/s1. The van der Waals surface area contributed by atoms with Gasteiger partial charge in [-0.2, -0.15) is 0 Å². The molecule has 0 spiro atoms. The zero-order valence-corrected chi connectivity index (χ0v) is 22.1. The van der Waals surface area contributed by atoms with Gasteiger partial charge in [-0.05, 0) is 31.4 Å². The third-order valence-electron chi connectivity index (χ3n) is 6.22. The second-order valence-corrected chi connectivity index (χ2v) is 11.0. The number of rotatable bonds is 9. The predicted octanol–water partition coefficient (Wildman–Crippen LogP) is 2.66. The molecule has 8 nitrogen and oxygen atoms in total. The summed E-state index contributed by atoms with van der Waals surface area (Å²) in [4.78, 5) is 42.5. The number of terminal acetylenes is 1. The van der Waals surface area contributed by atoms with Crippen LogP contribution in [0.5, 0.6) is 0 Å². The van der Waals surface area contributed by atoms with E-state index in [9.17, 15) is 19.5 Å². The van der Waals surface area contributed by atoms with Gasteiger partial charge in [0, 0.05) is 18.3 Å². The van der Waals surface area contributed by atoms with Gasteiger partial charge in [-0.1, -0.05) is 66.6 Å². The highest BCUT2D eigenvalue weighted by atomic mass is 32.2. The fourth-order valence-corrected chi connectivity index (χ4v) is 5.42. The summed E-state index contributed by atoms with van der Waals surface area (Å²) in [6.07, 6.45) is 2.89. The van der Waals surface area contributed by atoms with Crippen molar-refractivity contribution >= 4 is 29.7 Å². The lowest BCUT2D eigenvalue weighted by Crippen LogP contribution is -2.58. The Morgan fingerprint density at radius 3 is 2.35 bits per heavy atom. The number of carbonyl (C=O) groups is 3. The molecule has 3 atom stereocenters. The number of carbonyl (C=O) groups excluding carboxylic acids is 3. The van der Waals surface area contributed by atoms with Crippen molar-refractivity contribution in [3.63, 3.8) is 0 Å². The number of hydrogen-bond acceptors (Lipinski definition) is 6. The van der Waals surface area contributed by atoms with Crippen molar-refractivity contribution in [1.29, 1.82) is 0 Å². The number of likely N-dealkylation sites (N-methyl/N-ethyl adjacent to an activating group) is 1. The molecular formula is C28H33N3O5S. The number of aliphatic hydroxyl groups is 1. The molecule has 1 fully saturated rings. The first-order valence-corrected chi connectivity index (χ1v) is 12.9. The van der Waals surface area contributed by atoms with Crippen LogP contribution >= 0.6 is 11.8 Å². The molecule has 1 heterocycles. The van der Waals surface area contributed by atoms with Crippen LogP contribution < -0.4 is 5.32 Å². The van der Waals surface area contributed by atoms with Crippen LogP contribution in [0.15, 0.2) is 60.7 Å². The molecule has 196 valence electrons. The molecule has 1 aliphatic rings. The summed E-state index contributed by atoms with van der Waals surface area (Å²) < 4.78 is 4.33. The van der Waals surface area contributed by atoms with Crippen LogP contribution in [-0.2, 0) is 27.3 Å². The Hall–Kier alpha value is -3.48. The molecule has 0 aromatic heterocycles. The summed E-state index contributed by atoms with van der Waals surface area (Å²) in [6, 6.07) is 17.0. The number of nitrogens with zero attached hydrogens (tertiary/aromatic N) is 2. The predicted molar refractivity (Wildman–Crippen MR) is 143 cm³/mol. The van der Waals surface area contributed by atoms with Gasteiger partial charge in [0.25, 0.3) is 5.91 Å². The molecule has 0 aliphatic carbocycles. The van der Waals surface area contributed by atoms with Gasteiger partial charge in [-0.25, -0.2) is 4.79 Å². The van der Waals surface area contributed by atoms with Crippen LogP contribution in [0.25, 0.3) is 0 Å². The third-order valence-corrected chi connectivity index (χ3v) is 7.60. The monoisotopic (exact) mass is 523 g/mol. The molecule has 2 aromatic rings. The van der Waals surface area contributed by atoms with Crippen molar-refractivity contribution in [3.05, 3.63) is 71.8 Å². The quantitative estimate of drug-likeness (QED) is 0.491. The maximum Gasteiger partial charge on any atom is 0.408 e. The average molecular weight is 524 g/mol. The molecule has 2 N–H and O–H groups in total. The minimum absolute atomic E-state index is 0.176. The van der Waals surface area contributed by atoms with E-state index in [-0.39, 0.29) is 24.8 Å². The van der Waals surface area contributed by atoms with Crippen molar-refractivity contribution in [1.82, 2.24) is 15.1 Å². The number of benzene rings is 2. The molecule has 2 aromatic carbocycles. The minimum atomic E-state index is -1.61. The summed E-state index contributed by atoms with van der Waals surface area (Å²) in [6.45, 7) is 3.97. The lowest BCUT2D eigenvalue weighted by molar-refractivity contribution is -0.150. The number of nitrogens with one attached hydrogen (secondary N) is 1. The number of ether oxygens (including phenoxy) is 1. The van der Waals surface area contributed by atoms with Crippen molar-refractivity contribution in [3.8, 4) is 12.3 Å². The normalized spacial score (nSPS) is 17.8. The first-order chi connectivity index (χ1) is 17.6. The minimum Gasteiger partial charge on any atom is -0.436 e. The van der Waals surface area contributed by atoms with Gasteiger partial charge in [0.05, 0.1) is 11.9 Å². The Bertz CT molecular complexity index is 1120. The molecule has 0 saturated carbocycles. The van der Waals surface area contributed by atoms with Crippen LogP contribution in [0.3, 0.4) is 0 Å². The topological polar surface area (TPSA) is 99.2 Å². The molecule has 1 saturated heterocycles. The Morgan fingerprint density at radius 1 is 1.16 bits per heavy atom. The number of amides is 3. The second-order valence-electron chi connectivity index (χ2n) is 9.43. The van der Waals surface area contributed by atoms with Gasteiger partial charge in [0.2, 0.25) is 5.91 Å². The molecule has 37 heavy (non-hydrogen) atoms. The zero-order valence-electron chi connectivity index (χ0n) is 21.3. The Labute approximate surface area is 222 Å². The Balaban J connectivity index is 1.80. The van der Waals surface area contributed by atoms with Crippen molar-refractivity contribution in [2.45, 2.75) is 49.7 Å². The molecule has 1 unspecified atom stereocenters. The lowest BCUT2D eigenvalue weighted by atomic mass is 9.97. The van der Waals surface area contributed by atoms with Gasteiger partial charge in [-0.3, -0.25) is 9.59 Å². The molecule has 0 bridgehead atoms. The van der Waals surface area contributed by atoms with Gasteiger partial charge < -0.3 is 25.0 Å². The zero-order chi connectivity index (χ0) is 27.0. The molecule has 1 aliphatic heterocycles. The van der Waals surface area contributed by atoms with Gasteiger partial charge in [-0.15, -0.1) is 18.2 Å². The first-order valence-electron chi connectivity index (χ1n) is 12.0. The highest BCUT2D eigenvalue weighted by Gasteiger charge is 2.50. The van der Waals surface area contributed by atoms with Gasteiger partial charge in [0.15, 0.2) is 12.7 Å². The van der Waals surface area contributed by atoms with E-state index < -0.39 is 34.9 Å². The van der Waals surface area contributed by atoms with E-state index in [1.807, 2.05) is 74.5 Å². The van der Waals surface area contributed by atoms with Gasteiger partial charge in [0.1, 0.15) is 6.04 Å². The fourth-order valence-electron chi connectivity index (χ4n) is 4.28. The number of thioether (sulfide) groups is 1. The maximum absolute atomic E-state index is 13.6. The van der Waals surface area contributed by atoms with E-state index in [2.05, 4.69) is 11.2 Å². The summed E-state index contributed by atoms with van der Waals surface area (Å²) in [7, 11) is 1.70. The Morgan fingerprint density at radius 2 is 1.76 bits per heavy atom. The summed E-state index contributed by atoms with van der Waals surface area (Å²) in [5, 5.41) is 13.7. The lowest BCUT2D eigenvalue weighted by Gasteiger charge is -2.35. The smallest absolute Gasteiger partial charge is 0.408 e. The van der Waals surface area contributed by atoms with Crippen LogP contribution in [-0.4, -0.2) is 75.3 Å². The van der Waals surface area contributed by atoms with Crippen molar-refractivity contribution < 1.29 is 24.2 Å². The highest BCUT2D eigenvalue weighted by molar-refractivity contribution is 8.00. The van der Waals surface area contributed by atoms with Crippen LogP contribution in [0, 0.1) is 12.3 Å². The van der Waals surface area contributed by atoms with Gasteiger partial charge >= 0.3 is 6.09 Å². The SMILES string of the molecule is C#CCOC(=O)N[C@@H](Cc1ccccc1)[C@H](O)C(=O)N1CSC(C)(C)C1C(=O)N(C)Cc1ccccc1. The molecule has 0 radical (unpaired) electrons. The number of aliphatic hydroxyl groups excluding tert-OH is 1. The first kappa shape index (κ1) is 28.1. The Kier molecular flexibility index (Phi) is 9.61. The van der Waals surface area contributed by atoms with Crippen molar-refractivity contribution in [2.24, 2.45) is 0 Å². The summed E-state index contributed by atoms with van der Waals surface area (Å²) >= 11 is 1.47. The average Bonchev–Trinajstić information content (AvgIpc) is 3.21. The molecule has 3 rings (SSSR count). The number of alkyl carbamates (subject to hydrolysis) is 1. The molecule has 9 heteroatoms. The van der Waals surface area contributed by atoms with Crippen LogP contribution in [0.4, 0.5) is 4.79 Å². The third kappa shape index (κ3) is 7.28. The summed E-state index contributed by atoms with van der Waals surface area (Å²) in [5.41, 5.74) is 1.78. The van der Waals surface area contributed by atoms with E-state index in [0.717, 1.165) is 11.1 Å². The van der Waals surface area contributed by atoms with Crippen LogP contribution in [0.1, 0.15) is 25.0 Å². The van der Waals surface area contributed by atoms with E-state index in [1.54, 1.807) is 11.9 Å². The molecule has 3 amide bonds. The van der Waals surface area contributed by atoms with E-state index in [0.29, 0.717) is 6.54 Å². The maximum atomic E-state index is 13.6. The molecular weight excluding hydrogens is 490 g/mol. The van der Waals surface area contributed by atoms with Crippen LogP contribution in [0.2, 0.25) is 0 Å². The number of hydrogen-bond donors (Lipinski definition) is 2. The second kappa shape index (κ2) is 12.7. The largest absolute Gasteiger partial charge is 0.436 e.